The average Bonchev–Trinajstić information content (AvgIpc) is 2.79. The van der Waals surface area contributed by atoms with Crippen LogP contribution in [0.5, 0.6) is 0 Å². The number of fused-ring (bicyclic) bond motifs is 1. The fourth-order valence-electron chi connectivity index (χ4n) is 2.10. The van der Waals surface area contributed by atoms with Crippen LogP contribution in [0.3, 0.4) is 0 Å². The quantitative estimate of drug-likeness (QED) is 0.432. The number of benzene rings is 1. The van der Waals surface area contributed by atoms with Crippen LogP contribution in [0.25, 0.3) is 16.7 Å². The van der Waals surface area contributed by atoms with Gasteiger partial charge in [-0.05, 0) is 12.1 Å². The molecular formula is C14H15IN4. The Balaban J connectivity index is 0.00000133. The SMILES string of the molecule is Cc1nc(-n2ccc3ccccc32)cc(N)[n+]1C.[I-]. The van der Waals surface area contributed by atoms with E-state index in [-0.39, 0.29) is 24.0 Å². The number of para-hydroxylation sites is 1. The molecule has 0 unspecified atom stereocenters. The van der Waals surface area contributed by atoms with E-state index in [9.17, 15) is 0 Å². The fraction of sp³-hybridized carbons (Fsp3) is 0.143. The molecule has 2 N–H and O–H groups in total. The maximum atomic E-state index is 5.98. The Kier molecular flexibility index (Phi) is 3.75. The Labute approximate surface area is 128 Å². The van der Waals surface area contributed by atoms with Crippen molar-refractivity contribution >= 4 is 16.7 Å². The number of hydrogen-bond acceptors (Lipinski definition) is 2. The first-order valence-electron chi connectivity index (χ1n) is 5.86. The highest BCUT2D eigenvalue weighted by Gasteiger charge is 2.12. The summed E-state index contributed by atoms with van der Waals surface area (Å²) in [6.45, 7) is 1.95. The molecule has 5 heteroatoms. The van der Waals surface area contributed by atoms with Gasteiger partial charge in [0.25, 0.3) is 0 Å². The zero-order chi connectivity index (χ0) is 12.7. The summed E-state index contributed by atoms with van der Waals surface area (Å²) in [5.41, 5.74) is 7.12. The highest BCUT2D eigenvalue weighted by Crippen LogP contribution is 2.19. The third-order valence-corrected chi connectivity index (χ3v) is 3.27. The van der Waals surface area contributed by atoms with Crippen molar-refractivity contribution in [2.24, 2.45) is 7.05 Å². The van der Waals surface area contributed by atoms with Crippen LogP contribution < -0.4 is 34.3 Å². The first-order chi connectivity index (χ1) is 8.66. The molecule has 4 nitrogen and oxygen atoms in total. The van der Waals surface area contributed by atoms with Crippen LogP contribution in [0.15, 0.2) is 42.6 Å². The molecule has 0 aliphatic heterocycles. The van der Waals surface area contributed by atoms with Gasteiger partial charge in [0, 0.05) is 18.5 Å². The van der Waals surface area contributed by atoms with E-state index in [1.165, 1.54) is 5.39 Å². The molecule has 0 atom stereocenters. The number of halogens is 1. The van der Waals surface area contributed by atoms with Crippen molar-refractivity contribution in [3.05, 3.63) is 48.4 Å². The van der Waals surface area contributed by atoms with Crippen LogP contribution >= 0.6 is 0 Å². The van der Waals surface area contributed by atoms with E-state index >= 15 is 0 Å². The van der Waals surface area contributed by atoms with E-state index in [0.29, 0.717) is 5.82 Å². The Morgan fingerprint density at radius 2 is 1.95 bits per heavy atom. The van der Waals surface area contributed by atoms with E-state index in [4.69, 9.17) is 5.73 Å². The fourth-order valence-corrected chi connectivity index (χ4v) is 2.10. The highest BCUT2D eigenvalue weighted by atomic mass is 127. The second-order valence-electron chi connectivity index (χ2n) is 4.39. The predicted molar refractivity (Wildman–Crippen MR) is 71.4 cm³/mol. The molecule has 0 bridgehead atoms. The Bertz CT molecular complexity index is 710. The molecule has 3 aromatic rings. The van der Waals surface area contributed by atoms with Crippen molar-refractivity contribution in [2.75, 3.05) is 5.73 Å². The number of rotatable bonds is 1. The van der Waals surface area contributed by atoms with Crippen molar-refractivity contribution in [3.63, 3.8) is 0 Å². The minimum atomic E-state index is 0. The average molecular weight is 366 g/mol. The number of hydrogen-bond donors (Lipinski definition) is 1. The third kappa shape index (κ3) is 2.30. The molecule has 19 heavy (non-hydrogen) atoms. The van der Waals surface area contributed by atoms with Gasteiger partial charge in [0.1, 0.15) is 0 Å². The predicted octanol–water partition coefficient (Wildman–Crippen LogP) is -1.26. The smallest absolute Gasteiger partial charge is 0.237 e. The first-order valence-corrected chi connectivity index (χ1v) is 5.86. The highest BCUT2D eigenvalue weighted by molar-refractivity contribution is 5.81. The van der Waals surface area contributed by atoms with E-state index in [0.717, 1.165) is 17.2 Å². The molecule has 0 saturated carbocycles. The molecule has 0 radical (unpaired) electrons. The van der Waals surface area contributed by atoms with Crippen molar-refractivity contribution in [3.8, 4) is 5.82 Å². The summed E-state index contributed by atoms with van der Waals surface area (Å²) in [5, 5.41) is 1.20. The standard InChI is InChI=1S/C14H14N4.HI/c1-10-16-14(9-13(15)17(10)2)18-8-7-11-5-3-4-6-12(11)18;/h3-9,15H,1-2H3;1H. The zero-order valence-electron chi connectivity index (χ0n) is 10.8. The molecule has 0 fully saturated rings. The van der Waals surface area contributed by atoms with Gasteiger partial charge in [-0.25, -0.2) is 4.57 Å². The van der Waals surface area contributed by atoms with Crippen LogP contribution in [0.2, 0.25) is 0 Å². The summed E-state index contributed by atoms with van der Waals surface area (Å²) >= 11 is 0. The molecular weight excluding hydrogens is 351 g/mol. The normalized spacial score (nSPS) is 10.4. The monoisotopic (exact) mass is 366 g/mol. The van der Waals surface area contributed by atoms with E-state index < -0.39 is 0 Å². The van der Waals surface area contributed by atoms with Gasteiger partial charge in [-0.3, -0.25) is 4.57 Å². The molecule has 0 aliphatic carbocycles. The second-order valence-corrected chi connectivity index (χ2v) is 4.39. The maximum Gasteiger partial charge on any atom is 0.237 e. The Morgan fingerprint density at radius 3 is 2.68 bits per heavy atom. The molecule has 98 valence electrons. The summed E-state index contributed by atoms with van der Waals surface area (Å²) in [6.07, 6.45) is 2.02. The van der Waals surface area contributed by atoms with Crippen LogP contribution in [-0.4, -0.2) is 9.55 Å². The molecule has 2 aromatic heterocycles. The first kappa shape index (κ1) is 13.8. The molecule has 1 aromatic carbocycles. The second kappa shape index (κ2) is 5.16. The van der Waals surface area contributed by atoms with E-state index in [2.05, 4.69) is 27.8 Å². The lowest BCUT2D eigenvalue weighted by atomic mass is 10.2. The largest absolute Gasteiger partial charge is 1.00 e. The number of nitrogen functional groups attached to an aromatic ring is 1. The van der Waals surface area contributed by atoms with Gasteiger partial charge in [0.15, 0.2) is 0 Å². The van der Waals surface area contributed by atoms with Gasteiger partial charge in [-0.1, -0.05) is 23.2 Å². The maximum absolute atomic E-state index is 5.98. The summed E-state index contributed by atoms with van der Waals surface area (Å²) in [4.78, 5) is 4.57. The van der Waals surface area contributed by atoms with Gasteiger partial charge < -0.3 is 29.7 Å². The van der Waals surface area contributed by atoms with Gasteiger partial charge in [0.05, 0.1) is 18.6 Å². The third-order valence-electron chi connectivity index (χ3n) is 3.27. The van der Waals surface area contributed by atoms with Crippen molar-refractivity contribution in [1.82, 2.24) is 9.55 Å². The Morgan fingerprint density at radius 1 is 1.21 bits per heavy atom. The summed E-state index contributed by atoms with van der Waals surface area (Å²) in [6, 6.07) is 12.2. The lowest BCUT2D eigenvalue weighted by molar-refractivity contribution is -0.666. The Hall–Kier alpha value is -1.63. The topological polar surface area (TPSA) is 47.7 Å². The number of anilines is 1. The van der Waals surface area contributed by atoms with Crippen molar-refractivity contribution < 1.29 is 28.5 Å². The van der Waals surface area contributed by atoms with Crippen LogP contribution in [0, 0.1) is 6.92 Å². The van der Waals surface area contributed by atoms with Gasteiger partial charge >= 0.3 is 0 Å². The van der Waals surface area contributed by atoms with Crippen LogP contribution in [-0.2, 0) is 7.05 Å². The molecule has 0 spiro atoms. The lowest BCUT2D eigenvalue weighted by Gasteiger charge is -2.05. The number of aromatic nitrogens is 3. The molecule has 0 saturated heterocycles. The molecule has 0 amide bonds. The zero-order valence-corrected chi connectivity index (χ0v) is 13.0. The van der Waals surface area contributed by atoms with Crippen molar-refractivity contribution in [2.45, 2.75) is 6.92 Å². The minimum Gasteiger partial charge on any atom is -1.00 e. The van der Waals surface area contributed by atoms with Crippen LogP contribution in [0.4, 0.5) is 5.82 Å². The van der Waals surface area contributed by atoms with Gasteiger partial charge in [-0.2, -0.15) is 0 Å². The lowest BCUT2D eigenvalue weighted by Crippen LogP contribution is -3.00. The number of nitrogens with zero attached hydrogens (tertiary/aromatic N) is 3. The number of aryl methyl sites for hydroxylation is 1. The van der Waals surface area contributed by atoms with Crippen LogP contribution in [0.1, 0.15) is 5.82 Å². The summed E-state index contributed by atoms with van der Waals surface area (Å²) in [5.74, 6) is 2.45. The minimum absolute atomic E-state index is 0. The summed E-state index contributed by atoms with van der Waals surface area (Å²) < 4.78 is 3.92. The number of nitrogens with two attached hydrogens (primary N) is 1. The molecule has 0 aliphatic rings. The van der Waals surface area contributed by atoms with Gasteiger partial charge in [-0.15, -0.1) is 0 Å². The van der Waals surface area contributed by atoms with Crippen molar-refractivity contribution in [1.29, 1.82) is 0 Å². The van der Waals surface area contributed by atoms with E-state index in [1.807, 2.05) is 42.9 Å². The summed E-state index contributed by atoms with van der Waals surface area (Å²) in [7, 11) is 1.91. The molecule has 3 rings (SSSR count). The van der Waals surface area contributed by atoms with E-state index in [1.54, 1.807) is 0 Å². The molecule has 2 heterocycles. The van der Waals surface area contributed by atoms with Gasteiger partial charge in [0.2, 0.25) is 17.5 Å².